The number of thiophene rings is 1. The van der Waals surface area contributed by atoms with E-state index in [-0.39, 0.29) is 17.9 Å². The van der Waals surface area contributed by atoms with Crippen LogP contribution in [0.5, 0.6) is 0 Å². The van der Waals surface area contributed by atoms with E-state index in [1.165, 1.54) is 24.1 Å². The average molecular weight is 280 g/mol. The molecule has 2 unspecified atom stereocenters. The topological polar surface area (TPSA) is 46.3 Å². The highest BCUT2D eigenvalue weighted by Crippen LogP contribution is 2.24. The molecule has 1 aromatic heterocycles. The maximum Gasteiger partial charge on any atom is 0.227 e. The lowest BCUT2D eigenvalue weighted by Crippen LogP contribution is -2.42. The van der Waals surface area contributed by atoms with Crippen molar-refractivity contribution in [3.05, 3.63) is 22.4 Å². The first-order chi connectivity index (χ1) is 9.18. The van der Waals surface area contributed by atoms with Gasteiger partial charge in [0.2, 0.25) is 5.91 Å². The molecule has 4 heteroatoms. The Morgan fingerprint density at radius 3 is 2.79 bits per heavy atom. The maximum absolute atomic E-state index is 12.6. The maximum atomic E-state index is 12.6. The third-order valence-corrected chi connectivity index (χ3v) is 4.85. The van der Waals surface area contributed by atoms with Gasteiger partial charge < -0.3 is 10.6 Å². The fourth-order valence-corrected chi connectivity index (χ4v) is 3.57. The van der Waals surface area contributed by atoms with Crippen LogP contribution >= 0.6 is 11.3 Å². The minimum atomic E-state index is 0.0188. The van der Waals surface area contributed by atoms with Gasteiger partial charge in [-0.1, -0.05) is 31.7 Å². The zero-order valence-electron chi connectivity index (χ0n) is 11.7. The Labute approximate surface area is 119 Å². The standard InChI is InChI=1S/C15H24N2OS/c1-17(11-12-7-6-10-19-12)15(18)13-8-4-2-3-5-9-14(13)16/h6-7,10,13-14H,2-5,8-9,11,16H2,1H3. The molecule has 0 bridgehead atoms. The minimum Gasteiger partial charge on any atom is -0.340 e. The first kappa shape index (κ1) is 14.5. The second-order valence-electron chi connectivity index (χ2n) is 5.54. The van der Waals surface area contributed by atoms with Gasteiger partial charge in [0.05, 0.1) is 12.5 Å². The monoisotopic (exact) mass is 280 g/mol. The van der Waals surface area contributed by atoms with Gasteiger partial charge in [-0.15, -0.1) is 11.3 Å². The number of rotatable bonds is 3. The van der Waals surface area contributed by atoms with Crippen LogP contribution in [0.3, 0.4) is 0 Å². The summed E-state index contributed by atoms with van der Waals surface area (Å²) in [6.07, 6.45) is 6.75. The molecule has 0 aromatic carbocycles. The molecule has 2 N–H and O–H groups in total. The number of hydrogen-bond donors (Lipinski definition) is 1. The zero-order valence-corrected chi connectivity index (χ0v) is 12.5. The molecule has 0 radical (unpaired) electrons. The van der Waals surface area contributed by atoms with Crippen molar-refractivity contribution < 1.29 is 4.79 Å². The fourth-order valence-electron chi connectivity index (χ4n) is 2.82. The van der Waals surface area contributed by atoms with Gasteiger partial charge in [-0.2, -0.15) is 0 Å². The molecule has 0 spiro atoms. The summed E-state index contributed by atoms with van der Waals surface area (Å²) in [5.41, 5.74) is 6.22. The van der Waals surface area contributed by atoms with Crippen molar-refractivity contribution in [1.82, 2.24) is 4.90 Å². The predicted molar refractivity (Wildman–Crippen MR) is 80.0 cm³/mol. The molecular weight excluding hydrogens is 256 g/mol. The Balaban J connectivity index is 1.95. The Kier molecular flexibility index (Phi) is 5.40. The van der Waals surface area contributed by atoms with E-state index in [0.29, 0.717) is 6.54 Å². The van der Waals surface area contributed by atoms with Crippen molar-refractivity contribution in [2.24, 2.45) is 11.7 Å². The molecule has 1 amide bonds. The van der Waals surface area contributed by atoms with Crippen LogP contribution in [0, 0.1) is 5.92 Å². The highest BCUT2D eigenvalue weighted by Gasteiger charge is 2.28. The number of hydrogen-bond acceptors (Lipinski definition) is 3. The van der Waals surface area contributed by atoms with Gasteiger partial charge in [-0.25, -0.2) is 0 Å². The lowest BCUT2D eigenvalue weighted by Gasteiger charge is -2.29. The highest BCUT2D eigenvalue weighted by molar-refractivity contribution is 7.09. The number of carbonyl (C=O) groups is 1. The Morgan fingerprint density at radius 2 is 2.11 bits per heavy atom. The van der Waals surface area contributed by atoms with Crippen molar-refractivity contribution in [3.63, 3.8) is 0 Å². The molecule has 106 valence electrons. The van der Waals surface area contributed by atoms with Crippen LogP contribution in [0.15, 0.2) is 17.5 Å². The Morgan fingerprint density at radius 1 is 1.37 bits per heavy atom. The smallest absolute Gasteiger partial charge is 0.227 e. The Bertz CT molecular complexity index is 391. The summed E-state index contributed by atoms with van der Waals surface area (Å²) in [5.74, 6) is 0.244. The summed E-state index contributed by atoms with van der Waals surface area (Å²) in [5, 5.41) is 2.05. The lowest BCUT2D eigenvalue weighted by atomic mass is 9.86. The number of carbonyl (C=O) groups excluding carboxylic acids is 1. The van der Waals surface area contributed by atoms with E-state index in [1.54, 1.807) is 11.3 Å². The van der Waals surface area contributed by atoms with Gasteiger partial charge >= 0.3 is 0 Å². The third kappa shape index (κ3) is 4.05. The molecular formula is C15H24N2OS. The van der Waals surface area contributed by atoms with E-state index in [9.17, 15) is 4.79 Å². The zero-order chi connectivity index (χ0) is 13.7. The highest BCUT2D eigenvalue weighted by atomic mass is 32.1. The summed E-state index contributed by atoms with van der Waals surface area (Å²) < 4.78 is 0. The van der Waals surface area contributed by atoms with E-state index in [1.807, 2.05) is 18.0 Å². The first-order valence-corrected chi connectivity index (χ1v) is 8.09. The quantitative estimate of drug-likeness (QED) is 0.925. The van der Waals surface area contributed by atoms with Gasteiger partial charge in [-0.3, -0.25) is 4.79 Å². The molecule has 2 rings (SSSR count). The van der Waals surface area contributed by atoms with Crippen molar-refractivity contribution in [2.75, 3.05) is 7.05 Å². The average Bonchev–Trinajstić information content (AvgIpc) is 2.86. The van der Waals surface area contributed by atoms with Crippen molar-refractivity contribution in [3.8, 4) is 0 Å². The van der Waals surface area contributed by atoms with Gasteiger partial charge in [0.15, 0.2) is 0 Å². The molecule has 1 fully saturated rings. The van der Waals surface area contributed by atoms with Crippen LogP contribution in [-0.2, 0) is 11.3 Å². The van der Waals surface area contributed by atoms with Crippen LogP contribution in [0.2, 0.25) is 0 Å². The Hall–Kier alpha value is -0.870. The molecule has 1 aliphatic carbocycles. The first-order valence-electron chi connectivity index (χ1n) is 7.21. The number of nitrogens with two attached hydrogens (primary N) is 1. The molecule has 0 saturated heterocycles. The van der Waals surface area contributed by atoms with E-state index < -0.39 is 0 Å². The minimum absolute atomic E-state index is 0.0188. The van der Waals surface area contributed by atoms with E-state index in [4.69, 9.17) is 5.73 Å². The SMILES string of the molecule is CN(Cc1cccs1)C(=O)C1CCCCCCC1N. The normalized spacial score (nSPS) is 24.5. The second-order valence-corrected chi connectivity index (χ2v) is 6.57. The molecule has 3 nitrogen and oxygen atoms in total. The van der Waals surface area contributed by atoms with Crippen LogP contribution in [0.25, 0.3) is 0 Å². The fraction of sp³-hybridized carbons (Fsp3) is 0.667. The van der Waals surface area contributed by atoms with E-state index >= 15 is 0 Å². The second kappa shape index (κ2) is 7.06. The van der Waals surface area contributed by atoms with Crippen LogP contribution in [0.1, 0.15) is 43.4 Å². The number of nitrogens with zero attached hydrogens (tertiary/aromatic N) is 1. The van der Waals surface area contributed by atoms with Gasteiger partial charge in [0, 0.05) is 18.0 Å². The van der Waals surface area contributed by atoms with Crippen molar-refractivity contribution >= 4 is 17.2 Å². The van der Waals surface area contributed by atoms with Crippen molar-refractivity contribution in [1.29, 1.82) is 0 Å². The summed E-state index contributed by atoms with van der Waals surface area (Å²) in [4.78, 5) is 15.6. The third-order valence-electron chi connectivity index (χ3n) is 3.99. The van der Waals surface area contributed by atoms with E-state index in [0.717, 1.165) is 19.3 Å². The molecule has 0 aliphatic heterocycles. The summed E-state index contributed by atoms with van der Waals surface area (Å²) in [6, 6.07) is 4.14. The van der Waals surface area contributed by atoms with Crippen LogP contribution in [0.4, 0.5) is 0 Å². The molecule has 1 heterocycles. The largest absolute Gasteiger partial charge is 0.340 e. The van der Waals surface area contributed by atoms with Crippen LogP contribution < -0.4 is 5.73 Å². The summed E-state index contributed by atoms with van der Waals surface area (Å²) in [6.45, 7) is 0.708. The van der Waals surface area contributed by atoms with Crippen LogP contribution in [-0.4, -0.2) is 23.9 Å². The molecule has 19 heavy (non-hydrogen) atoms. The number of amides is 1. The molecule has 2 atom stereocenters. The molecule has 1 aromatic rings. The summed E-state index contributed by atoms with van der Waals surface area (Å²) in [7, 11) is 1.90. The van der Waals surface area contributed by atoms with Crippen molar-refractivity contribution in [2.45, 2.75) is 51.1 Å². The van der Waals surface area contributed by atoms with Gasteiger partial charge in [0.25, 0.3) is 0 Å². The van der Waals surface area contributed by atoms with Gasteiger partial charge in [-0.05, 0) is 24.3 Å². The lowest BCUT2D eigenvalue weighted by molar-refractivity contribution is -0.135. The predicted octanol–water partition coefficient (Wildman–Crippen LogP) is 3.00. The molecule has 1 aliphatic rings. The van der Waals surface area contributed by atoms with E-state index in [2.05, 4.69) is 11.4 Å². The molecule has 1 saturated carbocycles. The van der Waals surface area contributed by atoms with Gasteiger partial charge in [0.1, 0.15) is 0 Å². The summed E-state index contributed by atoms with van der Waals surface area (Å²) >= 11 is 1.70.